The van der Waals surface area contributed by atoms with E-state index in [4.69, 9.17) is 5.11 Å². The van der Waals surface area contributed by atoms with Crippen LogP contribution in [0.1, 0.15) is 29.9 Å². The zero-order valence-electron chi connectivity index (χ0n) is 14.2. The largest absolute Gasteiger partial charge is 0.481 e. The Kier molecular flexibility index (Phi) is 5.49. The average molecular weight is 337 g/mol. The van der Waals surface area contributed by atoms with E-state index < -0.39 is 11.9 Å². The van der Waals surface area contributed by atoms with Crippen LogP contribution in [0.4, 0.5) is 0 Å². The zero-order valence-corrected chi connectivity index (χ0v) is 14.2. The second-order valence-corrected chi connectivity index (χ2v) is 6.67. The van der Waals surface area contributed by atoms with Gasteiger partial charge in [-0.15, -0.1) is 0 Å². The molecule has 1 heterocycles. The predicted molar refractivity (Wildman–Crippen MR) is 96.3 cm³/mol. The number of amides is 1. The van der Waals surface area contributed by atoms with Gasteiger partial charge in [-0.2, -0.15) is 0 Å². The smallest absolute Gasteiger partial charge is 0.308 e. The van der Waals surface area contributed by atoms with Crippen LogP contribution >= 0.6 is 0 Å². The van der Waals surface area contributed by atoms with Crippen LogP contribution in [-0.2, 0) is 16.0 Å². The molecule has 25 heavy (non-hydrogen) atoms. The summed E-state index contributed by atoms with van der Waals surface area (Å²) in [7, 11) is 0. The topological polar surface area (TPSA) is 57.6 Å². The Morgan fingerprint density at radius 3 is 2.28 bits per heavy atom. The summed E-state index contributed by atoms with van der Waals surface area (Å²) in [6.07, 6.45) is 1.76. The normalized spacial score (nSPS) is 18.1. The van der Waals surface area contributed by atoms with Crippen LogP contribution in [0.15, 0.2) is 60.7 Å². The average Bonchev–Trinajstić information content (AvgIpc) is 3.13. The first kappa shape index (κ1) is 17.2. The molecule has 0 aliphatic carbocycles. The molecule has 4 heteroatoms. The first-order chi connectivity index (χ1) is 12.1. The highest BCUT2D eigenvalue weighted by Crippen LogP contribution is 2.27. The van der Waals surface area contributed by atoms with Gasteiger partial charge in [0.25, 0.3) is 0 Å². The number of likely N-dealkylation sites (tertiary alicyclic amines) is 1. The van der Waals surface area contributed by atoms with Crippen molar-refractivity contribution in [1.82, 2.24) is 4.90 Å². The maximum Gasteiger partial charge on any atom is 0.308 e. The summed E-state index contributed by atoms with van der Waals surface area (Å²) < 4.78 is 0. The van der Waals surface area contributed by atoms with E-state index >= 15 is 0 Å². The molecule has 1 saturated heterocycles. The van der Waals surface area contributed by atoms with Gasteiger partial charge in [-0.1, -0.05) is 60.7 Å². The van der Waals surface area contributed by atoms with E-state index in [0.29, 0.717) is 25.9 Å². The molecule has 130 valence electrons. The van der Waals surface area contributed by atoms with Gasteiger partial charge in [-0.25, -0.2) is 0 Å². The fourth-order valence-electron chi connectivity index (χ4n) is 3.46. The summed E-state index contributed by atoms with van der Waals surface area (Å²) in [6.45, 7) is 0.879. The summed E-state index contributed by atoms with van der Waals surface area (Å²) in [5.74, 6) is -1.08. The number of nitrogens with zero attached hydrogens (tertiary/aromatic N) is 1. The van der Waals surface area contributed by atoms with Crippen LogP contribution < -0.4 is 0 Å². The summed E-state index contributed by atoms with van der Waals surface area (Å²) >= 11 is 0. The van der Waals surface area contributed by atoms with Gasteiger partial charge >= 0.3 is 5.97 Å². The Morgan fingerprint density at radius 1 is 1.04 bits per heavy atom. The van der Waals surface area contributed by atoms with Crippen LogP contribution in [0.5, 0.6) is 0 Å². The number of benzene rings is 2. The van der Waals surface area contributed by atoms with Crippen LogP contribution in [0.2, 0.25) is 0 Å². The first-order valence-corrected chi connectivity index (χ1v) is 8.73. The number of hydrogen-bond donors (Lipinski definition) is 1. The lowest BCUT2D eigenvalue weighted by atomic mass is 9.89. The fourth-order valence-corrected chi connectivity index (χ4v) is 3.46. The molecule has 0 aromatic heterocycles. The van der Waals surface area contributed by atoms with Crippen LogP contribution in [0.25, 0.3) is 0 Å². The lowest BCUT2D eigenvalue weighted by Crippen LogP contribution is -2.31. The summed E-state index contributed by atoms with van der Waals surface area (Å²) in [4.78, 5) is 25.5. The van der Waals surface area contributed by atoms with E-state index in [1.165, 1.54) is 5.56 Å². The van der Waals surface area contributed by atoms with Gasteiger partial charge in [0.15, 0.2) is 0 Å². The second kappa shape index (κ2) is 7.97. The number of rotatable bonds is 6. The predicted octanol–water partition coefficient (Wildman–Crippen LogP) is 3.34. The van der Waals surface area contributed by atoms with E-state index in [1.54, 1.807) is 4.90 Å². The molecule has 4 nitrogen and oxygen atoms in total. The minimum atomic E-state index is -0.806. The third-order valence-corrected chi connectivity index (χ3v) is 4.91. The summed E-state index contributed by atoms with van der Waals surface area (Å²) in [6, 6.07) is 20.3. The molecule has 0 spiro atoms. The number of carboxylic acids is 1. The lowest BCUT2D eigenvalue weighted by molar-refractivity contribution is -0.141. The Hall–Kier alpha value is -2.62. The Morgan fingerprint density at radius 2 is 1.68 bits per heavy atom. The molecule has 0 bridgehead atoms. The summed E-state index contributed by atoms with van der Waals surface area (Å²) in [5.41, 5.74) is 2.35. The molecule has 2 aromatic rings. The number of carbonyl (C=O) groups is 2. The minimum Gasteiger partial charge on any atom is -0.481 e. The van der Waals surface area contributed by atoms with E-state index in [2.05, 4.69) is 24.3 Å². The van der Waals surface area contributed by atoms with Crippen molar-refractivity contribution in [3.8, 4) is 0 Å². The minimum absolute atomic E-state index is 0.0496. The quantitative estimate of drug-likeness (QED) is 0.879. The molecule has 1 aliphatic heterocycles. The van der Waals surface area contributed by atoms with E-state index in [1.807, 2.05) is 36.4 Å². The van der Waals surface area contributed by atoms with Crippen molar-refractivity contribution in [3.63, 3.8) is 0 Å². The molecular weight excluding hydrogens is 314 g/mol. The molecule has 2 aromatic carbocycles. The molecule has 1 aliphatic rings. The van der Waals surface area contributed by atoms with Gasteiger partial charge in [0.2, 0.25) is 5.91 Å². The zero-order chi connectivity index (χ0) is 17.6. The molecule has 2 atom stereocenters. The molecule has 0 saturated carbocycles. The molecule has 1 N–H and O–H groups in total. The van der Waals surface area contributed by atoms with Gasteiger partial charge in [0, 0.05) is 19.5 Å². The van der Waals surface area contributed by atoms with Crippen molar-refractivity contribution in [2.45, 2.75) is 25.2 Å². The lowest BCUT2D eigenvalue weighted by Gasteiger charge is -2.22. The van der Waals surface area contributed by atoms with Crippen LogP contribution in [0.3, 0.4) is 0 Å². The maximum atomic E-state index is 12.7. The van der Waals surface area contributed by atoms with Crippen molar-refractivity contribution < 1.29 is 14.7 Å². The third kappa shape index (κ3) is 4.47. The maximum absolute atomic E-state index is 12.7. The van der Waals surface area contributed by atoms with Gasteiger partial charge in [-0.05, 0) is 29.9 Å². The van der Waals surface area contributed by atoms with E-state index in [0.717, 1.165) is 12.0 Å². The highest BCUT2D eigenvalue weighted by molar-refractivity contribution is 5.79. The molecular formula is C21H23NO3. The van der Waals surface area contributed by atoms with E-state index in [9.17, 15) is 9.59 Å². The first-order valence-electron chi connectivity index (χ1n) is 8.73. The fraction of sp³-hybridized carbons (Fsp3) is 0.333. The number of hydrogen-bond acceptors (Lipinski definition) is 2. The second-order valence-electron chi connectivity index (χ2n) is 6.67. The van der Waals surface area contributed by atoms with Gasteiger partial charge in [-0.3, -0.25) is 9.59 Å². The van der Waals surface area contributed by atoms with Crippen molar-refractivity contribution in [2.24, 2.45) is 5.92 Å². The monoisotopic (exact) mass is 337 g/mol. The van der Waals surface area contributed by atoms with Crippen molar-refractivity contribution in [3.05, 3.63) is 71.8 Å². The van der Waals surface area contributed by atoms with Crippen molar-refractivity contribution >= 4 is 11.9 Å². The van der Waals surface area contributed by atoms with E-state index in [-0.39, 0.29) is 11.8 Å². The highest BCUT2D eigenvalue weighted by Gasteiger charge is 2.31. The van der Waals surface area contributed by atoms with Crippen LogP contribution in [-0.4, -0.2) is 35.0 Å². The highest BCUT2D eigenvalue weighted by atomic mass is 16.4. The third-order valence-electron chi connectivity index (χ3n) is 4.91. The Labute approximate surface area is 148 Å². The van der Waals surface area contributed by atoms with Crippen molar-refractivity contribution in [2.75, 3.05) is 13.1 Å². The van der Waals surface area contributed by atoms with Crippen molar-refractivity contribution in [1.29, 1.82) is 0 Å². The number of carbonyl (C=O) groups excluding carboxylic acids is 1. The number of carboxylic acid groups (broad SMARTS) is 1. The van der Waals surface area contributed by atoms with Crippen LogP contribution in [0, 0.1) is 5.92 Å². The van der Waals surface area contributed by atoms with Gasteiger partial charge < -0.3 is 10.0 Å². The van der Waals surface area contributed by atoms with Gasteiger partial charge in [0.05, 0.1) is 5.92 Å². The van der Waals surface area contributed by atoms with Gasteiger partial charge in [0.1, 0.15) is 0 Å². The molecule has 3 rings (SSSR count). The molecule has 1 fully saturated rings. The summed E-state index contributed by atoms with van der Waals surface area (Å²) in [5, 5.41) is 9.13. The Balaban J connectivity index is 1.71. The SMILES string of the molecule is O=C(O)[C@@H]1CCN(C(=O)C[C@@H](Cc2ccccc2)c2ccccc2)C1. The molecule has 0 unspecified atom stereocenters. The standard InChI is InChI=1S/C21H23NO3/c23-20(22-12-11-18(15-22)21(24)25)14-19(17-9-5-2-6-10-17)13-16-7-3-1-4-8-16/h1-10,18-19H,11-15H2,(H,24,25)/t18-,19-/m1/s1. The molecule has 0 radical (unpaired) electrons. The number of aliphatic carboxylic acids is 1. The Bertz CT molecular complexity index is 714. The molecule has 1 amide bonds.